The maximum Gasteiger partial charge on any atom is 0.131 e. The second kappa shape index (κ2) is 4.82. The second-order valence-corrected chi connectivity index (χ2v) is 5.26. The predicted molar refractivity (Wildman–Crippen MR) is 76.9 cm³/mol. The lowest BCUT2D eigenvalue weighted by atomic mass is 9.96. The Kier molecular flexibility index (Phi) is 3.13. The molecular weight excluding hydrogens is 255 g/mol. The molecule has 3 rings (SSSR count). The second-order valence-electron chi connectivity index (χ2n) is 5.26. The van der Waals surface area contributed by atoms with E-state index in [1.54, 1.807) is 19.2 Å². The van der Waals surface area contributed by atoms with Gasteiger partial charge in [-0.05, 0) is 49.2 Å². The normalized spacial score (nSPS) is 16.7. The molecule has 0 radical (unpaired) electrons. The van der Waals surface area contributed by atoms with Crippen molar-refractivity contribution in [3.8, 4) is 22.6 Å². The number of fused-ring (bicyclic) bond motifs is 1. The molecule has 0 aromatic heterocycles. The van der Waals surface area contributed by atoms with E-state index in [1.807, 2.05) is 32.0 Å². The third-order valence-electron chi connectivity index (χ3n) is 3.69. The van der Waals surface area contributed by atoms with Crippen LogP contribution in [0.5, 0.6) is 11.5 Å². The number of aryl methyl sites for hydroxylation is 1. The van der Waals surface area contributed by atoms with Crippen LogP contribution in [0, 0.1) is 12.7 Å². The minimum absolute atomic E-state index is 0.0939. The summed E-state index contributed by atoms with van der Waals surface area (Å²) >= 11 is 0. The molecule has 0 bridgehead atoms. The highest BCUT2D eigenvalue weighted by molar-refractivity contribution is 5.76. The minimum Gasteiger partial charge on any atom is -0.497 e. The topological polar surface area (TPSA) is 18.5 Å². The van der Waals surface area contributed by atoms with Gasteiger partial charge in [-0.1, -0.05) is 6.07 Å². The van der Waals surface area contributed by atoms with Gasteiger partial charge in [-0.2, -0.15) is 0 Å². The van der Waals surface area contributed by atoms with Gasteiger partial charge < -0.3 is 9.47 Å². The van der Waals surface area contributed by atoms with Gasteiger partial charge in [0.05, 0.1) is 7.11 Å². The van der Waals surface area contributed by atoms with Gasteiger partial charge >= 0.3 is 0 Å². The molecule has 0 aliphatic carbocycles. The Morgan fingerprint density at radius 3 is 2.75 bits per heavy atom. The summed E-state index contributed by atoms with van der Waals surface area (Å²) in [6, 6.07) is 8.92. The van der Waals surface area contributed by atoms with E-state index in [0.717, 1.165) is 40.2 Å². The molecule has 0 spiro atoms. The van der Waals surface area contributed by atoms with Gasteiger partial charge in [0.15, 0.2) is 0 Å². The quantitative estimate of drug-likeness (QED) is 0.818. The smallest absolute Gasteiger partial charge is 0.131 e. The van der Waals surface area contributed by atoms with Crippen LogP contribution >= 0.6 is 0 Å². The van der Waals surface area contributed by atoms with Crippen LogP contribution in [0.4, 0.5) is 4.39 Å². The molecule has 3 heteroatoms. The number of rotatable bonds is 2. The van der Waals surface area contributed by atoms with Crippen LogP contribution in [0.3, 0.4) is 0 Å². The fourth-order valence-corrected chi connectivity index (χ4v) is 2.71. The first kappa shape index (κ1) is 13.0. The Labute approximate surface area is 118 Å². The average molecular weight is 272 g/mol. The summed E-state index contributed by atoms with van der Waals surface area (Å²) in [6.45, 7) is 4.00. The van der Waals surface area contributed by atoms with E-state index in [9.17, 15) is 4.39 Å². The van der Waals surface area contributed by atoms with Gasteiger partial charge in [0, 0.05) is 17.5 Å². The van der Waals surface area contributed by atoms with Gasteiger partial charge in [-0.15, -0.1) is 0 Å². The highest BCUT2D eigenvalue weighted by Gasteiger charge is 2.24. The number of halogens is 1. The van der Waals surface area contributed by atoms with Crippen molar-refractivity contribution < 1.29 is 13.9 Å². The number of methoxy groups -OCH3 is 1. The molecule has 0 saturated heterocycles. The van der Waals surface area contributed by atoms with Crippen molar-refractivity contribution in [2.24, 2.45) is 0 Å². The lowest BCUT2D eigenvalue weighted by molar-refractivity contribution is 0.255. The summed E-state index contributed by atoms with van der Waals surface area (Å²) in [4.78, 5) is 0. The highest BCUT2D eigenvalue weighted by Crippen LogP contribution is 2.41. The fraction of sp³-hybridized carbons (Fsp3) is 0.294. The van der Waals surface area contributed by atoms with Crippen molar-refractivity contribution in [3.63, 3.8) is 0 Å². The number of hydrogen-bond acceptors (Lipinski definition) is 2. The monoisotopic (exact) mass is 272 g/mol. The zero-order chi connectivity index (χ0) is 14.3. The molecule has 0 saturated carbocycles. The van der Waals surface area contributed by atoms with E-state index >= 15 is 0 Å². The van der Waals surface area contributed by atoms with Crippen LogP contribution in [-0.2, 0) is 6.42 Å². The van der Waals surface area contributed by atoms with E-state index in [4.69, 9.17) is 9.47 Å². The maximum absolute atomic E-state index is 13.9. The van der Waals surface area contributed by atoms with Crippen LogP contribution in [0.25, 0.3) is 11.1 Å². The standard InChI is InChI=1S/C17H17FO2/c1-10-4-5-14(19-3)9-15(10)16-8-13(18)7-12-6-11(2)20-17(12)16/h4-5,7-9,11H,6H2,1-3H3/t11-/m1/s1. The van der Waals surface area contributed by atoms with Gasteiger partial charge in [-0.25, -0.2) is 4.39 Å². The summed E-state index contributed by atoms with van der Waals surface area (Å²) in [5.74, 6) is 1.34. The van der Waals surface area contributed by atoms with E-state index in [2.05, 4.69) is 0 Å². The Balaban J connectivity index is 2.21. The summed E-state index contributed by atoms with van der Waals surface area (Å²) in [6.07, 6.45) is 0.847. The summed E-state index contributed by atoms with van der Waals surface area (Å²) in [5.41, 5.74) is 3.77. The maximum atomic E-state index is 13.9. The zero-order valence-corrected chi connectivity index (χ0v) is 11.9. The lowest BCUT2D eigenvalue weighted by Gasteiger charge is -2.13. The molecule has 2 aromatic rings. The van der Waals surface area contributed by atoms with Gasteiger partial charge in [-0.3, -0.25) is 0 Å². The SMILES string of the molecule is COc1ccc(C)c(-c2cc(F)cc3c2O[C@H](C)C3)c1. The molecule has 0 amide bonds. The van der Waals surface area contributed by atoms with E-state index < -0.39 is 0 Å². The van der Waals surface area contributed by atoms with Gasteiger partial charge in [0.1, 0.15) is 23.4 Å². The molecular formula is C17H17FO2. The van der Waals surface area contributed by atoms with Crippen molar-refractivity contribution in [1.29, 1.82) is 0 Å². The zero-order valence-electron chi connectivity index (χ0n) is 11.9. The Bertz CT molecular complexity index is 664. The third-order valence-corrected chi connectivity index (χ3v) is 3.69. The minimum atomic E-state index is -0.223. The number of ether oxygens (including phenoxy) is 2. The molecule has 1 heterocycles. The lowest BCUT2D eigenvalue weighted by Crippen LogP contribution is -2.05. The van der Waals surface area contributed by atoms with Crippen LogP contribution in [0.2, 0.25) is 0 Å². The number of hydrogen-bond donors (Lipinski definition) is 0. The average Bonchev–Trinajstić information content (AvgIpc) is 2.78. The van der Waals surface area contributed by atoms with E-state index in [0.29, 0.717) is 0 Å². The first-order valence-corrected chi connectivity index (χ1v) is 6.72. The summed E-state index contributed by atoms with van der Waals surface area (Å²) in [5, 5.41) is 0. The summed E-state index contributed by atoms with van der Waals surface area (Å²) < 4.78 is 25.0. The third kappa shape index (κ3) is 2.13. The van der Waals surface area contributed by atoms with E-state index in [-0.39, 0.29) is 11.9 Å². The molecule has 0 fully saturated rings. The summed E-state index contributed by atoms with van der Waals surface area (Å²) in [7, 11) is 1.63. The molecule has 0 N–H and O–H groups in total. The molecule has 2 nitrogen and oxygen atoms in total. The van der Waals surface area contributed by atoms with Gasteiger partial charge in [0.25, 0.3) is 0 Å². The Morgan fingerprint density at radius 2 is 2.00 bits per heavy atom. The molecule has 1 atom stereocenters. The molecule has 0 unspecified atom stereocenters. The molecule has 20 heavy (non-hydrogen) atoms. The van der Waals surface area contributed by atoms with Crippen molar-refractivity contribution >= 4 is 0 Å². The predicted octanol–water partition coefficient (Wildman–Crippen LogP) is 4.13. The van der Waals surface area contributed by atoms with Crippen molar-refractivity contribution in [2.75, 3.05) is 7.11 Å². The fourth-order valence-electron chi connectivity index (χ4n) is 2.71. The van der Waals surface area contributed by atoms with Crippen molar-refractivity contribution in [2.45, 2.75) is 26.4 Å². The van der Waals surface area contributed by atoms with E-state index in [1.165, 1.54) is 0 Å². The largest absolute Gasteiger partial charge is 0.497 e. The van der Waals surface area contributed by atoms with Crippen LogP contribution in [0.1, 0.15) is 18.1 Å². The first-order valence-electron chi connectivity index (χ1n) is 6.72. The van der Waals surface area contributed by atoms with Crippen molar-refractivity contribution in [1.82, 2.24) is 0 Å². The van der Waals surface area contributed by atoms with Crippen LogP contribution in [0.15, 0.2) is 30.3 Å². The molecule has 104 valence electrons. The molecule has 1 aliphatic rings. The Morgan fingerprint density at radius 1 is 1.20 bits per heavy atom. The first-order chi connectivity index (χ1) is 9.58. The van der Waals surface area contributed by atoms with Crippen LogP contribution in [-0.4, -0.2) is 13.2 Å². The molecule has 1 aliphatic heterocycles. The van der Waals surface area contributed by atoms with Gasteiger partial charge in [0.2, 0.25) is 0 Å². The number of benzene rings is 2. The van der Waals surface area contributed by atoms with Crippen LogP contribution < -0.4 is 9.47 Å². The highest BCUT2D eigenvalue weighted by atomic mass is 19.1. The Hall–Kier alpha value is -2.03. The molecule has 2 aromatic carbocycles. The van der Waals surface area contributed by atoms with Crippen molar-refractivity contribution in [3.05, 3.63) is 47.3 Å².